The molecule has 6 nitrogen and oxygen atoms in total. The summed E-state index contributed by atoms with van der Waals surface area (Å²) in [5.41, 5.74) is 7.07. The van der Waals surface area contributed by atoms with Crippen molar-refractivity contribution in [2.24, 2.45) is 10.2 Å². The highest BCUT2D eigenvalue weighted by atomic mass is 35.5. The first-order valence-corrected chi connectivity index (χ1v) is 6.90. The van der Waals surface area contributed by atoms with E-state index in [2.05, 4.69) is 20.2 Å². The van der Waals surface area contributed by atoms with Crippen molar-refractivity contribution < 1.29 is 4.74 Å². The number of nitrogen functional groups attached to an aromatic ring is 1. The molecule has 0 bridgehead atoms. The van der Waals surface area contributed by atoms with E-state index < -0.39 is 0 Å². The van der Waals surface area contributed by atoms with Crippen LogP contribution in [0.25, 0.3) is 0 Å². The molecule has 2 rings (SSSR count). The normalized spacial score (nSPS) is 11.0. The van der Waals surface area contributed by atoms with Gasteiger partial charge in [-0.3, -0.25) is 0 Å². The van der Waals surface area contributed by atoms with Crippen LogP contribution in [0, 0.1) is 6.92 Å². The molecule has 0 aliphatic rings. The Hall–Kier alpha value is -1.92. The largest absolute Gasteiger partial charge is 0.476 e. The lowest BCUT2D eigenvalue weighted by Gasteiger charge is -2.07. The molecule has 21 heavy (non-hydrogen) atoms. The first-order chi connectivity index (χ1) is 10.0. The van der Waals surface area contributed by atoms with Gasteiger partial charge in [-0.2, -0.15) is 4.98 Å². The molecule has 0 unspecified atom stereocenters. The van der Waals surface area contributed by atoms with Crippen molar-refractivity contribution in [1.82, 2.24) is 9.97 Å². The maximum atomic E-state index is 6.04. The minimum absolute atomic E-state index is 0.124. The number of rotatable bonds is 4. The molecule has 110 valence electrons. The Balaban J connectivity index is 2.40. The third kappa shape index (κ3) is 3.80. The lowest BCUT2D eigenvalue weighted by atomic mass is 10.3. The highest BCUT2D eigenvalue weighted by Gasteiger charge is 2.11. The molecule has 1 aromatic heterocycles. The third-order valence-electron chi connectivity index (χ3n) is 2.49. The summed E-state index contributed by atoms with van der Waals surface area (Å²) >= 11 is 11.9. The van der Waals surface area contributed by atoms with Gasteiger partial charge in [-0.15, -0.1) is 10.2 Å². The van der Waals surface area contributed by atoms with Crippen LogP contribution in [0.15, 0.2) is 28.4 Å². The number of ether oxygens (including phenoxy) is 1. The third-order valence-corrected chi connectivity index (χ3v) is 3.03. The second-order valence-corrected chi connectivity index (χ2v) is 4.89. The molecule has 0 spiro atoms. The van der Waals surface area contributed by atoms with Gasteiger partial charge in [0, 0.05) is 5.02 Å². The first kappa shape index (κ1) is 15.5. The zero-order valence-electron chi connectivity index (χ0n) is 11.5. The number of aryl methyl sites for hydroxylation is 1. The van der Waals surface area contributed by atoms with Gasteiger partial charge in [0.05, 0.1) is 17.3 Å². The number of nitrogens with zero attached hydrogens (tertiary/aromatic N) is 4. The Morgan fingerprint density at radius 1 is 1.24 bits per heavy atom. The molecule has 0 atom stereocenters. The molecule has 0 aliphatic heterocycles. The number of halogens is 2. The van der Waals surface area contributed by atoms with Gasteiger partial charge in [-0.25, -0.2) is 4.98 Å². The number of hydrogen-bond donors (Lipinski definition) is 1. The predicted molar refractivity (Wildman–Crippen MR) is 83.0 cm³/mol. The summed E-state index contributed by atoms with van der Waals surface area (Å²) in [6.07, 6.45) is 0. The van der Waals surface area contributed by atoms with Gasteiger partial charge in [0.25, 0.3) is 0 Å². The molecule has 0 saturated heterocycles. The van der Waals surface area contributed by atoms with Gasteiger partial charge in [-0.05, 0) is 32.0 Å². The van der Waals surface area contributed by atoms with Gasteiger partial charge in [0.15, 0.2) is 5.69 Å². The van der Waals surface area contributed by atoms with Crippen LogP contribution in [0.3, 0.4) is 0 Å². The number of aromatic nitrogens is 2. The minimum Gasteiger partial charge on any atom is -0.476 e. The molecule has 1 heterocycles. The Morgan fingerprint density at radius 3 is 2.67 bits per heavy atom. The van der Waals surface area contributed by atoms with Crippen LogP contribution >= 0.6 is 23.2 Å². The average Bonchev–Trinajstić information content (AvgIpc) is 2.40. The Bertz CT molecular complexity index is 691. The van der Waals surface area contributed by atoms with E-state index in [4.69, 9.17) is 33.7 Å². The van der Waals surface area contributed by atoms with Crippen molar-refractivity contribution in [3.05, 3.63) is 33.9 Å². The fraction of sp³-hybridized carbons (Fsp3) is 0.231. The molecule has 0 radical (unpaired) electrons. The van der Waals surface area contributed by atoms with Gasteiger partial charge in [0.2, 0.25) is 11.8 Å². The minimum atomic E-state index is 0.124. The number of hydrogen-bond acceptors (Lipinski definition) is 6. The van der Waals surface area contributed by atoms with Crippen LogP contribution in [-0.2, 0) is 0 Å². The highest BCUT2D eigenvalue weighted by molar-refractivity contribution is 6.36. The van der Waals surface area contributed by atoms with Crippen molar-refractivity contribution in [2.45, 2.75) is 13.8 Å². The lowest BCUT2D eigenvalue weighted by Crippen LogP contribution is -2.02. The quantitative estimate of drug-likeness (QED) is 0.839. The van der Waals surface area contributed by atoms with Gasteiger partial charge >= 0.3 is 0 Å². The SMILES string of the molecule is CCOc1nc(N)nc(C)c1N=Nc1ccc(Cl)cc1Cl. The van der Waals surface area contributed by atoms with Crippen LogP contribution in [0.5, 0.6) is 5.88 Å². The fourth-order valence-electron chi connectivity index (χ4n) is 1.58. The fourth-order valence-corrected chi connectivity index (χ4v) is 2.03. The molecular formula is C13H13Cl2N5O. The lowest BCUT2D eigenvalue weighted by molar-refractivity contribution is 0.327. The van der Waals surface area contributed by atoms with Crippen LogP contribution < -0.4 is 10.5 Å². The molecule has 1 aromatic carbocycles. The van der Waals surface area contributed by atoms with Crippen LogP contribution in [0.1, 0.15) is 12.6 Å². The van der Waals surface area contributed by atoms with Gasteiger partial charge < -0.3 is 10.5 Å². The summed E-state index contributed by atoms with van der Waals surface area (Å²) < 4.78 is 5.40. The monoisotopic (exact) mass is 325 g/mol. The molecule has 2 aromatic rings. The van der Waals surface area contributed by atoms with Crippen molar-refractivity contribution in [3.8, 4) is 5.88 Å². The van der Waals surface area contributed by atoms with Crippen molar-refractivity contribution >= 4 is 40.5 Å². The Labute approximate surface area is 132 Å². The number of azo groups is 1. The second kappa shape index (κ2) is 6.69. The van der Waals surface area contributed by atoms with E-state index in [1.165, 1.54) is 0 Å². The van der Waals surface area contributed by atoms with Crippen molar-refractivity contribution in [1.29, 1.82) is 0 Å². The zero-order chi connectivity index (χ0) is 15.4. The van der Waals surface area contributed by atoms with Crippen LogP contribution in [-0.4, -0.2) is 16.6 Å². The van der Waals surface area contributed by atoms with Crippen LogP contribution in [0.4, 0.5) is 17.3 Å². The molecule has 8 heteroatoms. The zero-order valence-corrected chi connectivity index (χ0v) is 13.0. The van der Waals surface area contributed by atoms with E-state index in [1.807, 2.05) is 6.92 Å². The summed E-state index contributed by atoms with van der Waals surface area (Å²) in [5, 5.41) is 9.13. The van der Waals surface area contributed by atoms with E-state index in [9.17, 15) is 0 Å². The van der Waals surface area contributed by atoms with Crippen molar-refractivity contribution in [2.75, 3.05) is 12.3 Å². The summed E-state index contributed by atoms with van der Waals surface area (Å²) in [4.78, 5) is 8.05. The summed E-state index contributed by atoms with van der Waals surface area (Å²) in [6, 6.07) is 4.94. The Kier molecular flexibility index (Phi) is 4.93. The maximum absolute atomic E-state index is 6.04. The molecule has 0 fully saturated rings. The Morgan fingerprint density at radius 2 is 2.00 bits per heavy atom. The maximum Gasteiger partial charge on any atom is 0.247 e. The van der Waals surface area contributed by atoms with E-state index >= 15 is 0 Å². The molecule has 0 amide bonds. The van der Waals surface area contributed by atoms with E-state index in [1.54, 1.807) is 25.1 Å². The molecule has 0 saturated carbocycles. The summed E-state index contributed by atoms with van der Waals surface area (Å²) in [5.74, 6) is 0.413. The smallest absolute Gasteiger partial charge is 0.247 e. The highest BCUT2D eigenvalue weighted by Crippen LogP contribution is 2.33. The molecular weight excluding hydrogens is 313 g/mol. The van der Waals surface area contributed by atoms with E-state index in [0.717, 1.165) is 0 Å². The molecule has 2 N–H and O–H groups in total. The number of anilines is 1. The number of benzene rings is 1. The van der Waals surface area contributed by atoms with Gasteiger partial charge in [-0.1, -0.05) is 23.2 Å². The number of nitrogens with two attached hydrogens (primary N) is 1. The van der Waals surface area contributed by atoms with E-state index in [0.29, 0.717) is 33.7 Å². The summed E-state index contributed by atoms with van der Waals surface area (Å²) in [7, 11) is 0. The topological polar surface area (TPSA) is 85.8 Å². The van der Waals surface area contributed by atoms with Crippen LogP contribution in [0.2, 0.25) is 10.0 Å². The van der Waals surface area contributed by atoms with Crippen molar-refractivity contribution in [3.63, 3.8) is 0 Å². The molecule has 0 aliphatic carbocycles. The second-order valence-electron chi connectivity index (χ2n) is 4.05. The van der Waals surface area contributed by atoms with E-state index in [-0.39, 0.29) is 11.8 Å². The average molecular weight is 326 g/mol. The first-order valence-electron chi connectivity index (χ1n) is 6.15. The predicted octanol–water partition coefficient (Wildman–Crippen LogP) is 4.49. The van der Waals surface area contributed by atoms with Gasteiger partial charge in [0.1, 0.15) is 5.69 Å². The standard InChI is InChI=1S/C13H13Cl2N5O/c1-3-21-12-11(7(2)17-13(16)18-12)20-19-10-5-4-8(14)6-9(10)15/h4-6H,3H2,1-2H3,(H2,16,17,18). The summed E-state index contributed by atoms with van der Waals surface area (Å²) in [6.45, 7) is 4.02.